The number of hydrogen-bond donors (Lipinski definition) is 0. The molecule has 100 valence electrons. The monoisotopic (exact) mass is 266 g/mol. The van der Waals surface area contributed by atoms with Gasteiger partial charge < -0.3 is 0 Å². The topological polar surface area (TPSA) is 25.8 Å². The van der Waals surface area contributed by atoms with E-state index in [9.17, 15) is 0 Å². The van der Waals surface area contributed by atoms with Gasteiger partial charge in [0.25, 0.3) is 0 Å². The molecule has 1 aliphatic carbocycles. The molecule has 1 aromatic heterocycles. The molecule has 0 saturated heterocycles. The summed E-state index contributed by atoms with van der Waals surface area (Å²) in [6.07, 6.45) is 5.09. The molecule has 0 spiro atoms. The highest BCUT2D eigenvalue weighted by Crippen LogP contribution is 2.37. The lowest BCUT2D eigenvalue weighted by Gasteiger charge is -2.30. The second-order valence-electron chi connectivity index (χ2n) is 5.85. The minimum absolute atomic E-state index is 0.484. The molecule has 1 aromatic rings. The Kier molecular flexibility index (Phi) is 4.60. The zero-order chi connectivity index (χ0) is 13.1. The molecule has 2 rings (SSSR count). The van der Waals surface area contributed by atoms with Crippen LogP contribution in [-0.2, 0) is 5.88 Å². The van der Waals surface area contributed by atoms with Gasteiger partial charge in [-0.1, -0.05) is 13.8 Å². The van der Waals surface area contributed by atoms with Crippen LogP contribution in [0.2, 0.25) is 0 Å². The van der Waals surface area contributed by atoms with Crippen molar-refractivity contribution in [1.29, 1.82) is 0 Å². The first kappa shape index (κ1) is 13.8. The lowest BCUT2D eigenvalue weighted by Crippen LogP contribution is -2.19. The Bertz CT molecular complexity index is 395. The number of aromatic nitrogens is 2. The van der Waals surface area contributed by atoms with Crippen LogP contribution in [0.25, 0.3) is 0 Å². The highest BCUT2D eigenvalue weighted by molar-refractivity contribution is 6.16. The minimum atomic E-state index is 0.484. The van der Waals surface area contributed by atoms with Crippen LogP contribution < -0.4 is 0 Å². The summed E-state index contributed by atoms with van der Waals surface area (Å²) < 4.78 is 0. The lowest BCUT2D eigenvalue weighted by molar-refractivity contribution is 0.254. The van der Waals surface area contributed by atoms with Crippen molar-refractivity contribution in [2.24, 2.45) is 11.8 Å². The van der Waals surface area contributed by atoms with Gasteiger partial charge >= 0.3 is 0 Å². The van der Waals surface area contributed by atoms with Crippen LogP contribution in [0.5, 0.6) is 0 Å². The molecule has 1 aliphatic rings. The Balaban J connectivity index is 2.07. The Labute approximate surface area is 115 Å². The SMILES string of the molecule is Cc1cc(CCl)nc(C2CCC(C(C)C)CC2)n1. The van der Waals surface area contributed by atoms with Gasteiger partial charge in [-0.15, -0.1) is 11.6 Å². The first-order chi connectivity index (χ1) is 8.60. The predicted molar refractivity (Wildman–Crippen MR) is 75.9 cm³/mol. The number of nitrogens with zero attached hydrogens (tertiary/aromatic N) is 2. The number of alkyl halides is 1. The summed E-state index contributed by atoms with van der Waals surface area (Å²) >= 11 is 5.88. The summed E-state index contributed by atoms with van der Waals surface area (Å²) in [4.78, 5) is 9.21. The van der Waals surface area contributed by atoms with Gasteiger partial charge in [0, 0.05) is 11.6 Å². The average molecular weight is 267 g/mol. The largest absolute Gasteiger partial charge is 0.238 e. The van der Waals surface area contributed by atoms with Crippen LogP contribution in [0.1, 0.15) is 62.7 Å². The average Bonchev–Trinajstić information content (AvgIpc) is 2.38. The fourth-order valence-corrected chi connectivity index (χ4v) is 3.09. The molecule has 1 heterocycles. The maximum atomic E-state index is 5.88. The van der Waals surface area contributed by atoms with Gasteiger partial charge in [0.1, 0.15) is 5.82 Å². The molecule has 0 amide bonds. The van der Waals surface area contributed by atoms with Crippen molar-refractivity contribution in [2.45, 2.75) is 58.3 Å². The van der Waals surface area contributed by atoms with E-state index in [0.717, 1.165) is 29.0 Å². The standard InChI is InChI=1S/C15H23ClN2/c1-10(2)12-4-6-13(7-5-12)15-17-11(3)8-14(9-16)18-15/h8,10,12-13H,4-7,9H2,1-3H3. The van der Waals surface area contributed by atoms with Crippen molar-refractivity contribution in [1.82, 2.24) is 9.97 Å². The first-order valence-corrected chi connectivity index (χ1v) is 7.54. The Morgan fingerprint density at radius 2 is 1.89 bits per heavy atom. The molecule has 0 unspecified atom stereocenters. The van der Waals surface area contributed by atoms with Gasteiger partial charge in [-0.05, 0) is 50.5 Å². The molecule has 18 heavy (non-hydrogen) atoms. The number of aryl methyl sites for hydroxylation is 1. The summed E-state index contributed by atoms with van der Waals surface area (Å²) in [5.74, 6) is 3.74. The van der Waals surface area contributed by atoms with Gasteiger partial charge in [-0.2, -0.15) is 0 Å². The van der Waals surface area contributed by atoms with Crippen LogP contribution in [0.15, 0.2) is 6.07 Å². The zero-order valence-corrected chi connectivity index (χ0v) is 12.4. The molecule has 3 heteroatoms. The molecule has 0 N–H and O–H groups in total. The van der Waals surface area contributed by atoms with Crippen molar-refractivity contribution in [3.63, 3.8) is 0 Å². The van der Waals surface area contributed by atoms with E-state index in [1.165, 1.54) is 25.7 Å². The maximum Gasteiger partial charge on any atom is 0.131 e. The van der Waals surface area contributed by atoms with Gasteiger partial charge in [-0.25, -0.2) is 9.97 Å². The fourth-order valence-electron chi connectivity index (χ4n) is 2.95. The van der Waals surface area contributed by atoms with Crippen molar-refractivity contribution in [3.05, 3.63) is 23.3 Å². The van der Waals surface area contributed by atoms with Crippen LogP contribution in [0.3, 0.4) is 0 Å². The van der Waals surface area contributed by atoms with E-state index in [-0.39, 0.29) is 0 Å². The van der Waals surface area contributed by atoms with Crippen molar-refractivity contribution < 1.29 is 0 Å². The predicted octanol–water partition coefficient (Wildman–Crippen LogP) is 4.45. The Morgan fingerprint density at radius 3 is 2.44 bits per heavy atom. The lowest BCUT2D eigenvalue weighted by atomic mass is 9.76. The summed E-state index contributed by atoms with van der Waals surface area (Å²) in [6, 6.07) is 1.98. The zero-order valence-electron chi connectivity index (χ0n) is 11.6. The van der Waals surface area contributed by atoms with E-state index in [1.54, 1.807) is 0 Å². The van der Waals surface area contributed by atoms with Crippen LogP contribution in [0.4, 0.5) is 0 Å². The first-order valence-electron chi connectivity index (χ1n) is 7.00. The van der Waals surface area contributed by atoms with Gasteiger partial charge in [0.15, 0.2) is 0 Å². The summed E-state index contributed by atoms with van der Waals surface area (Å²) in [7, 11) is 0. The highest BCUT2D eigenvalue weighted by atomic mass is 35.5. The fraction of sp³-hybridized carbons (Fsp3) is 0.733. The third kappa shape index (κ3) is 3.23. The molecular weight excluding hydrogens is 244 g/mol. The highest BCUT2D eigenvalue weighted by Gasteiger charge is 2.26. The van der Waals surface area contributed by atoms with E-state index >= 15 is 0 Å². The van der Waals surface area contributed by atoms with E-state index in [1.807, 2.05) is 13.0 Å². The number of halogens is 1. The molecule has 0 aromatic carbocycles. The smallest absolute Gasteiger partial charge is 0.131 e. The third-order valence-corrected chi connectivity index (χ3v) is 4.42. The second-order valence-corrected chi connectivity index (χ2v) is 6.12. The van der Waals surface area contributed by atoms with Crippen LogP contribution >= 0.6 is 11.6 Å². The van der Waals surface area contributed by atoms with Gasteiger partial charge in [0.2, 0.25) is 0 Å². The van der Waals surface area contributed by atoms with Gasteiger partial charge in [-0.3, -0.25) is 0 Å². The molecule has 0 aliphatic heterocycles. The van der Waals surface area contributed by atoms with E-state index in [2.05, 4.69) is 23.8 Å². The quantitative estimate of drug-likeness (QED) is 0.755. The number of hydrogen-bond acceptors (Lipinski definition) is 2. The number of rotatable bonds is 3. The molecule has 0 atom stereocenters. The van der Waals surface area contributed by atoms with Crippen LogP contribution in [-0.4, -0.2) is 9.97 Å². The molecule has 1 saturated carbocycles. The Hall–Kier alpha value is -0.630. The normalized spacial score (nSPS) is 24.5. The van der Waals surface area contributed by atoms with E-state index in [0.29, 0.717) is 11.8 Å². The molecular formula is C15H23ClN2. The van der Waals surface area contributed by atoms with Crippen molar-refractivity contribution in [2.75, 3.05) is 0 Å². The molecule has 0 bridgehead atoms. The summed E-state index contributed by atoms with van der Waals surface area (Å²) in [5.41, 5.74) is 2.01. The van der Waals surface area contributed by atoms with E-state index in [4.69, 9.17) is 11.6 Å². The summed E-state index contributed by atoms with van der Waals surface area (Å²) in [5, 5.41) is 0. The minimum Gasteiger partial charge on any atom is -0.238 e. The van der Waals surface area contributed by atoms with E-state index < -0.39 is 0 Å². The molecule has 1 fully saturated rings. The van der Waals surface area contributed by atoms with Crippen molar-refractivity contribution in [3.8, 4) is 0 Å². The third-order valence-electron chi connectivity index (χ3n) is 4.14. The molecule has 0 radical (unpaired) electrons. The molecule has 2 nitrogen and oxygen atoms in total. The summed E-state index contributed by atoms with van der Waals surface area (Å²) in [6.45, 7) is 6.69. The van der Waals surface area contributed by atoms with Crippen molar-refractivity contribution >= 4 is 11.6 Å². The van der Waals surface area contributed by atoms with Crippen LogP contribution in [0, 0.1) is 18.8 Å². The Morgan fingerprint density at radius 1 is 1.22 bits per heavy atom. The van der Waals surface area contributed by atoms with Gasteiger partial charge in [0.05, 0.1) is 11.6 Å². The second kappa shape index (κ2) is 6.01. The maximum absolute atomic E-state index is 5.88.